The number of anilines is 1. The average Bonchev–Trinajstić information content (AvgIpc) is 3.20. The predicted octanol–water partition coefficient (Wildman–Crippen LogP) is 3.51. The molecule has 0 radical (unpaired) electrons. The summed E-state index contributed by atoms with van der Waals surface area (Å²) in [4.78, 5) is 14.6. The van der Waals surface area contributed by atoms with Crippen LogP contribution in [0.25, 0.3) is 6.08 Å². The Labute approximate surface area is 148 Å². The van der Waals surface area contributed by atoms with Crippen LogP contribution in [0.3, 0.4) is 0 Å². The molecule has 1 amide bonds. The molecule has 1 aliphatic rings. The fourth-order valence-electron chi connectivity index (χ4n) is 2.95. The first kappa shape index (κ1) is 16.8. The zero-order valence-corrected chi connectivity index (χ0v) is 14.1. The molecule has 1 heterocycles. The van der Waals surface area contributed by atoms with Crippen LogP contribution in [-0.2, 0) is 11.3 Å². The van der Waals surface area contributed by atoms with Crippen molar-refractivity contribution in [2.75, 3.05) is 18.0 Å². The van der Waals surface area contributed by atoms with Gasteiger partial charge < -0.3 is 10.2 Å². The van der Waals surface area contributed by atoms with Gasteiger partial charge in [0.15, 0.2) is 0 Å². The molecular formula is C21H21N3O. The zero-order chi connectivity index (χ0) is 17.5. The van der Waals surface area contributed by atoms with Gasteiger partial charge >= 0.3 is 0 Å². The van der Waals surface area contributed by atoms with Gasteiger partial charge in [0.2, 0.25) is 0 Å². The summed E-state index contributed by atoms with van der Waals surface area (Å²) < 4.78 is 0. The third-order valence-electron chi connectivity index (χ3n) is 4.34. The molecule has 126 valence electrons. The first-order valence-corrected chi connectivity index (χ1v) is 8.55. The Morgan fingerprint density at radius 1 is 1.08 bits per heavy atom. The van der Waals surface area contributed by atoms with E-state index in [1.165, 1.54) is 18.5 Å². The number of benzene rings is 2. The lowest BCUT2D eigenvalue weighted by molar-refractivity contribution is -0.117. The smallest absolute Gasteiger partial charge is 0.262 e. The summed E-state index contributed by atoms with van der Waals surface area (Å²) in [5.74, 6) is -0.352. The van der Waals surface area contributed by atoms with E-state index in [0.717, 1.165) is 24.2 Å². The summed E-state index contributed by atoms with van der Waals surface area (Å²) in [6.45, 7) is 2.60. The van der Waals surface area contributed by atoms with Crippen molar-refractivity contribution in [1.29, 1.82) is 5.26 Å². The topological polar surface area (TPSA) is 56.1 Å². The van der Waals surface area contributed by atoms with E-state index in [-0.39, 0.29) is 11.5 Å². The van der Waals surface area contributed by atoms with Gasteiger partial charge in [-0.1, -0.05) is 42.5 Å². The van der Waals surface area contributed by atoms with Crippen LogP contribution in [0.2, 0.25) is 0 Å². The van der Waals surface area contributed by atoms with Gasteiger partial charge in [0.1, 0.15) is 11.6 Å². The van der Waals surface area contributed by atoms with Crippen molar-refractivity contribution in [2.24, 2.45) is 0 Å². The van der Waals surface area contributed by atoms with Crippen LogP contribution in [0.5, 0.6) is 0 Å². The molecule has 1 saturated heterocycles. The van der Waals surface area contributed by atoms with Crippen molar-refractivity contribution >= 4 is 17.7 Å². The van der Waals surface area contributed by atoms with Gasteiger partial charge in [-0.25, -0.2) is 0 Å². The van der Waals surface area contributed by atoms with Gasteiger partial charge in [-0.3, -0.25) is 4.79 Å². The molecule has 1 aliphatic heterocycles. The van der Waals surface area contributed by atoms with Crippen LogP contribution < -0.4 is 10.2 Å². The van der Waals surface area contributed by atoms with Crippen LogP contribution in [0.1, 0.15) is 24.0 Å². The van der Waals surface area contributed by atoms with Crippen molar-refractivity contribution in [3.63, 3.8) is 0 Å². The highest BCUT2D eigenvalue weighted by Gasteiger charge is 2.12. The number of carbonyl (C=O) groups is 1. The predicted molar refractivity (Wildman–Crippen MR) is 99.8 cm³/mol. The van der Waals surface area contributed by atoms with Crippen molar-refractivity contribution in [1.82, 2.24) is 5.32 Å². The minimum Gasteiger partial charge on any atom is -0.372 e. The first-order chi connectivity index (χ1) is 12.3. The van der Waals surface area contributed by atoms with E-state index in [9.17, 15) is 10.1 Å². The van der Waals surface area contributed by atoms with Crippen molar-refractivity contribution in [3.8, 4) is 6.07 Å². The van der Waals surface area contributed by atoms with E-state index in [2.05, 4.69) is 10.2 Å². The highest BCUT2D eigenvalue weighted by atomic mass is 16.1. The number of nitrogens with zero attached hydrogens (tertiary/aromatic N) is 2. The molecule has 3 rings (SSSR count). The number of hydrogen-bond donors (Lipinski definition) is 1. The fourth-order valence-corrected chi connectivity index (χ4v) is 2.95. The summed E-state index contributed by atoms with van der Waals surface area (Å²) in [5.41, 5.74) is 3.17. The van der Waals surface area contributed by atoms with E-state index in [4.69, 9.17) is 0 Å². The highest BCUT2D eigenvalue weighted by Crippen LogP contribution is 2.21. The van der Waals surface area contributed by atoms with Crippen LogP contribution in [0.15, 0.2) is 60.2 Å². The summed E-state index contributed by atoms with van der Waals surface area (Å²) in [5, 5.41) is 12.1. The molecule has 4 nitrogen and oxygen atoms in total. The summed E-state index contributed by atoms with van der Waals surface area (Å²) in [7, 11) is 0. The second kappa shape index (κ2) is 8.16. The number of nitrogens with one attached hydrogen (secondary N) is 1. The number of hydrogen-bond acceptors (Lipinski definition) is 3. The van der Waals surface area contributed by atoms with Gasteiger partial charge in [0.05, 0.1) is 0 Å². The van der Waals surface area contributed by atoms with Crippen LogP contribution in [0.4, 0.5) is 5.69 Å². The standard InChI is InChI=1S/C21H21N3O/c22-15-19(21(25)23-16-18-6-2-1-3-7-18)14-17-8-10-20(11-9-17)24-12-4-5-13-24/h1-3,6-11,14H,4-5,12-13,16H2,(H,23,25). The highest BCUT2D eigenvalue weighted by molar-refractivity contribution is 6.01. The molecule has 0 bridgehead atoms. The molecular weight excluding hydrogens is 310 g/mol. The van der Waals surface area contributed by atoms with Gasteiger partial charge in [-0.05, 0) is 42.2 Å². The molecule has 0 spiro atoms. The SMILES string of the molecule is N#CC(=Cc1ccc(N2CCCC2)cc1)C(=O)NCc1ccccc1. The van der Waals surface area contributed by atoms with Gasteiger partial charge in [0, 0.05) is 25.3 Å². The quantitative estimate of drug-likeness (QED) is 0.674. The minimum atomic E-state index is -0.352. The summed E-state index contributed by atoms with van der Waals surface area (Å²) >= 11 is 0. The van der Waals surface area contributed by atoms with E-state index in [0.29, 0.717) is 6.54 Å². The van der Waals surface area contributed by atoms with Gasteiger partial charge in [0.25, 0.3) is 5.91 Å². The average molecular weight is 331 g/mol. The number of amides is 1. The number of carbonyl (C=O) groups excluding carboxylic acids is 1. The Bertz CT molecular complexity index is 782. The Hall–Kier alpha value is -3.06. The third-order valence-corrected chi connectivity index (χ3v) is 4.34. The maximum atomic E-state index is 12.2. The number of rotatable bonds is 5. The molecule has 0 aromatic heterocycles. The van der Waals surface area contributed by atoms with E-state index >= 15 is 0 Å². The Kier molecular flexibility index (Phi) is 5.48. The van der Waals surface area contributed by atoms with E-state index in [1.807, 2.05) is 60.7 Å². The molecule has 1 N–H and O–H groups in total. The molecule has 2 aromatic rings. The Morgan fingerprint density at radius 2 is 1.76 bits per heavy atom. The second-order valence-electron chi connectivity index (χ2n) is 6.12. The lowest BCUT2D eigenvalue weighted by atomic mass is 10.1. The molecule has 25 heavy (non-hydrogen) atoms. The second-order valence-corrected chi connectivity index (χ2v) is 6.12. The normalized spacial score (nSPS) is 14.2. The zero-order valence-electron chi connectivity index (χ0n) is 14.1. The summed E-state index contributed by atoms with van der Waals surface area (Å²) in [6.07, 6.45) is 4.11. The van der Waals surface area contributed by atoms with Crippen molar-refractivity contribution in [3.05, 3.63) is 71.3 Å². The van der Waals surface area contributed by atoms with Crippen molar-refractivity contribution < 1.29 is 4.79 Å². The maximum Gasteiger partial charge on any atom is 0.262 e. The Balaban J connectivity index is 1.65. The Morgan fingerprint density at radius 3 is 2.40 bits per heavy atom. The molecule has 0 aliphatic carbocycles. The molecule has 0 saturated carbocycles. The molecule has 2 aromatic carbocycles. The molecule has 4 heteroatoms. The first-order valence-electron chi connectivity index (χ1n) is 8.55. The van der Waals surface area contributed by atoms with Crippen LogP contribution in [-0.4, -0.2) is 19.0 Å². The van der Waals surface area contributed by atoms with E-state index in [1.54, 1.807) is 6.08 Å². The number of nitriles is 1. The third kappa shape index (κ3) is 4.48. The summed E-state index contributed by atoms with van der Waals surface area (Å²) in [6, 6.07) is 19.6. The van der Waals surface area contributed by atoms with Crippen LogP contribution in [0, 0.1) is 11.3 Å². The van der Waals surface area contributed by atoms with Crippen molar-refractivity contribution in [2.45, 2.75) is 19.4 Å². The lowest BCUT2D eigenvalue weighted by Gasteiger charge is -2.17. The van der Waals surface area contributed by atoms with E-state index < -0.39 is 0 Å². The van der Waals surface area contributed by atoms with Crippen LogP contribution >= 0.6 is 0 Å². The molecule has 0 unspecified atom stereocenters. The minimum absolute atomic E-state index is 0.116. The molecule has 0 atom stereocenters. The van der Waals surface area contributed by atoms with Gasteiger partial charge in [-0.2, -0.15) is 5.26 Å². The van der Waals surface area contributed by atoms with Gasteiger partial charge in [-0.15, -0.1) is 0 Å². The fraction of sp³-hybridized carbons (Fsp3) is 0.238. The largest absolute Gasteiger partial charge is 0.372 e. The lowest BCUT2D eigenvalue weighted by Crippen LogP contribution is -2.23. The molecule has 1 fully saturated rings. The monoisotopic (exact) mass is 331 g/mol. The maximum absolute atomic E-state index is 12.2.